The molecule has 0 saturated heterocycles. The molecule has 0 aliphatic rings. The van der Waals surface area contributed by atoms with Gasteiger partial charge in [0.25, 0.3) is 0 Å². The van der Waals surface area contributed by atoms with Crippen LogP contribution >= 0.6 is 81.4 Å². The van der Waals surface area contributed by atoms with Crippen molar-refractivity contribution in [1.29, 1.82) is 0 Å². The van der Waals surface area contributed by atoms with Crippen LogP contribution in [0.25, 0.3) is 0 Å². The zero-order valence-electron chi connectivity index (χ0n) is 4.35. The summed E-state index contributed by atoms with van der Waals surface area (Å²) in [6.07, 6.45) is 0. The van der Waals surface area contributed by atoms with Gasteiger partial charge in [-0.15, -0.1) is 0 Å². The summed E-state index contributed by atoms with van der Waals surface area (Å²) in [5.74, 6) is 0. The fourth-order valence-electron chi connectivity index (χ4n) is 0. The second-order valence-electron chi connectivity index (χ2n) is 1.07. The maximum atomic E-state index is 5.05. The zero-order chi connectivity index (χ0) is 9.95. The molecule has 0 bridgehead atoms. The molecule has 0 unspecified atom stereocenters. The predicted molar refractivity (Wildman–Crippen MR) is 58.4 cm³/mol. The van der Waals surface area contributed by atoms with Crippen molar-refractivity contribution < 1.29 is 12.3 Å². The summed E-state index contributed by atoms with van der Waals surface area (Å²) >= 11 is -7.44. The van der Waals surface area contributed by atoms with Gasteiger partial charge in [0, 0.05) is 0 Å². The first kappa shape index (κ1) is 17.5. The summed E-state index contributed by atoms with van der Waals surface area (Å²) in [4.78, 5) is 0. The summed E-state index contributed by atoms with van der Waals surface area (Å²) < 4.78 is 0. The first-order valence-electron chi connectivity index (χ1n) is 1.60. The fourth-order valence-corrected chi connectivity index (χ4v) is 0. The van der Waals surface area contributed by atoms with Gasteiger partial charge >= 0.3 is 105 Å². The van der Waals surface area contributed by atoms with E-state index >= 15 is 0 Å². The molecule has 0 amide bonds. The van der Waals surface area contributed by atoms with Gasteiger partial charge in [-0.1, -0.05) is 0 Å². The van der Waals surface area contributed by atoms with E-state index in [1.807, 2.05) is 0 Å². The second-order valence-corrected chi connectivity index (χ2v) is 54.5. The molecule has 0 N–H and O–H groups in total. The van der Waals surface area contributed by atoms with Crippen molar-refractivity contribution in [3.8, 4) is 0 Å². The van der Waals surface area contributed by atoms with E-state index in [2.05, 4.69) is 0 Å². The van der Waals surface area contributed by atoms with Crippen LogP contribution in [0.4, 0.5) is 0 Å². The Morgan fingerprint density at radius 2 is 0.636 bits per heavy atom. The first-order chi connectivity index (χ1) is 4.24. The van der Waals surface area contributed by atoms with Gasteiger partial charge in [0.05, 0.1) is 0 Å². The second kappa shape index (κ2) is 6.02. The molecule has 0 aliphatic heterocycles. The van der Waals surface area contributed by atoms with E-state index < -0.39 is 24.0 Å². The number of halogens is 9. The molecule has 0 aromatic rings. The zero-order valence-corrected chi connectivity index (χ0v) is 15.3. The first-order valence-corrected chi connectivity index (χ1v) is 26.4. The van der Waals surface area contributed by atoms with E-state index in [0.29, 0.717) is 0 Å². The van der Waals surface area contributed by atoms with Gasteiger partial charge in [0.1, 0.15) is 0 Å². The van der Waals surface area contributed by atoms with Crippen LogP contribution in [-0.4, -0.2) is 11.7 Å². The molecule has 0 radical (unpaired) electrons. The summed E-state index contributed by atoms with van der Waals surface area (Å²) in [5.41, 5.74) is 0. The molecule has 0 saturated carbocycles. The van der Waals surface area contributed by atoms with Crippen molar-refractivity contribution in [1.82, 2.24) is 0 Å². The molecule has 0 atom stereocenters. The van der Waals surface area contributed by atoms with Gasteiger partial charge in [0.15, 0.2) is 0 Å². The van der Waals surface area contributed by atoms with E-state index in [4.69, 9.17) is 81.4 Å². The number of hydrogen-bond donors (Lipinski definition) is 0. The van der Waals surface area contributed by atoms with Gasteiger partial charge in [-0.05, 0) is 0 Å². The van der Waals surface area contributed by atoms with Crippen molar-refractivity contribution in [3.05, 3.63) is 0 Å². The van der Waals surface area contributed by atoms with E-state index in [9.17, 15) is 0 Å². The van der Waals surface area contributed by atoms with Crippen LogP contribution in [0.3, 0.4) is 0 Å². The molecule has 0 spiro atoms. The van der Waals surface area contributed by atoms with E-state index in [1.54, 1.807) is 0 Å². The van der Waals surface area contributed by atoms with Crippen LogP contribution in [0, 0.1) is 0 Å². The van der Waals surface area contributed by atoms with Crippen molar-refractivity contribution in [2.75, 3.05) is 0 Å². The Morgan fingerprint density at radius 1 is 0.636 bits per heavy atom. The van der Waals surface area contributed by atoms with Crippen molar-refractivity contribution in [3.63, 3.8) is 0 Å². The van der Waals surface area contributed by atoms with Gasteiger partial charge in [0.2, 0.25) is 0 Å². The SMILES string of the molecule is [Cl][Sb]([Cl])([Cl])([Cl])[Cl].[Cl][Ti]([Cl])([Cl])[Cl]. The average Bonchev–Trinajstić information content (AvgIpc) is 1.07. The average molecular weight is 489 g/mol. The van der Waals surface area contributed by atoms with Crippen LogP contribution in [-0.2, 0) is 12.3 Å². The topological polar surface area (TPSA) is 0 Å². The Bertz CT molecular complexity index is 88.8. The number of rotatable bonds is 0. The summed E-state index contributed by atoms with van der Waals surface area (Å²) in [5, 5.41) is 0. The minimum atomic E-state index is -4.33. The van der Waals surface area contributed by atoms with E-state index in [1.165, 1.54) is 0 Å². The summed E-state index contributed by atoms with van der Waals surface area (Å²) in [7, 11) is 45.3. The summed E-state index contributed by atoms with van der Waals surface area (Å²) in [6.45, 7) is 0. The fraction of sp³-hybridized carbons (Fsp3) is 0. The molecular formula is Cl9SbTi. The van der Waals surface area contributed by atoms with Gasteiger partial charge < -0.3 is 0 Å². The Hall–Kier alpha value is 4.14. The maximum absolute atomic E-state index is 5.05. The molecule has 0 aromatic heterocycles. The standard InChI is InChI=1S/9ClH.Sb.Ti/h9*1H;;/q;;;;;;;;;+5;+4/p-9. The molecule has 0 aliphatic carbocycles. The van der Waals surface area contributed by atoms with Crippen LogP contribution < -0.4 is 0 Å². The quantitative estimate of drug-likeness (QED) is 0.377. The van der Waals surface area contributed by atoms with E-state index in [-0.39, 0.29) is 0 Å². The van der Waals surface area contributed by atoms with Crippen LogP contribution in [0.2, 0.25) is 0 Å². The van der Waals surface area contributed by atoms with Gasteiger partial charge in [-0.2, -0.15) is 0 Å². The third-order valence-corrected chi connectivity index (χ3v) is 0. The monoisotopic (exact) mass is 484 g/mol. The predicted octanol–water partition coefficient (Wildman–Crippen LogP) is 5.82. The molecule has 11 heavy (non-hydrogen) atoms. The normalized spacial score (nSPS) is 15.9. The third kappa shape index (κ3) is 122. The molecular weight excluding hydrogens is 489 g/mol. The van der Waals surface area contributed by atoms with Gasteiger partial charge in [-0.3, -0.25) is 0 Å². The molecule has 72 valence electrons. The molecule has 0 heterocycles. The minimum absolute atomic E-state index is 3.11. The third-order valence-electron chi connectivity index (χ3n) is 0. The molecule has 0 rings (SSSR count). The van der Waals surface area contributed by atoms with Crippen molar-refractivity contribution >= 4 is 93.1 Å². The Labute approximate surface area is 103 Å². The molecule has 0 nitrogen and oxygen atoms in total. The Kier molecular flexibility index (Phi) is 9.60. The van der Waals surface area contributed by atoms with Crippen LogP contribution in [0.5, 0.6) is 0 Å². The van der Waals surface area contributed by atoms with Crippen molar-refractivity contribution in [2.24, 2.45) is 0 Å². The van der Waals surface area contributed by atoms with Crippen LogP contribution in [0.15, 0.2) is 0 Å². The Morgan fingerprint density at radius 3 is 0.636 bits per heavy atom. The molecule has 0 aromatic carbocycles. The summed E-state index contributed by atoms with van der Waals surface area (Å²) in [6, 6.07) is 0. The molecule has 0 fully saturated rings. The van der Waals surface area contributed by atoms with E-state index in [0.717, 1.165) is 0 Å². The number of hydrogen-bond acceptors (Lipinski definition) is 0. The molecule has 11 heteroatoms. The van der Waals surface area contributed by atoms with Crippen LogP contribution in [0.1, 0.15) is 0 Å². The van der Waals surface area contributed by atoms with Crippen molar-refractivity contribution in [2.45, 2.75) is 0 Å². The van der Waals surface area contributed by atoms with Gasteiger partial charge in [-0.25, -0.2) is 0 Å². The Balaban J connectivity index is 0.